The maximum absolute atomic E-state index is 10.3. The van der Waals surface area contributed by atoms with Gasteiger partial charge >= 0.3 is 0 Å². The van der Waals surface area contributed by atoms with Gasteiger partial charge in [0.1, 0.15) is 6.17 Å². The average molecular weight is 192 g/mol. The lowest BCUT2D eigenvalue weighted by Crippen LogP contribution is -2.32. The first-order chi connectivity index (χ1) is 6.77. The molecule has 1 rings (SSSR count). The lowest BCUT2D eigenvalue weighted by atomic mass is 10.1. The highest BCUT2D eigenvalue weighted by Crippen LogP contribution is 2.09. The van der Waals surface area contributed by atoms with Crippen LogP contribution in [-0.4, -0.2) is 12.8 Å². The first-order valence-electron chi connectivity index (χ1n) is 4.24. The van der Waals surface area contributed by atoms with Gasteiger partial charge in [0.2, 0.25) is 12.8 Å². The Bertz CT molecular complexity index is 298. The summed E-state index contributed by atoms with van der Waals surface area (Å²) in [5.41, 5.74) is 1.97. The van der Waals surface area contributed by atoms with Crippen molar-refractivity contribution in [1.29, 1.82) is 0 Å². The molecule has 14 heavy (non-hydrogen) atoms. The lowest BCUT2D eigenvalue weighted by Gasteiger charge is -2.15. The molecule has 74 valence electrons. The van der Waals surface area contributed by atoms with Gasteiger partial charge in [-0.25, -0.2) is 0 Å². The maximum atomic E-state index is 10.3. The summed E-state index contributed by atoms with van der Waals surface area (Å²) >= 11 is 0. The van der Waals surface area contributed by atoms with Gasteiger partial charge in [-0.05, 0) is 12.5 Å². The molecule has 0 bridgehead atoms. The smallest absolute Gasteiger partial charge is 0.208 e. The molecule has 0 saturated carbocycles. The first-order valence-corrected chi connectivity index (χ1v) is 4.24. The Kier molecular flexibility index (Phi) is 3.67. The van der Waals surface area contributed by atoms with Crippen LogP contribution in [0.15, 0.2) is 24.3 Å². The van der Waals surface area contributed by atoms with Crippen molar-refractivity contribution in [3.8, 4) is 0 Å². The van der Waals surface area contributed by atoms with E-state index >= 15 is 0 Å². The number of nitrogens with one attached hydrogen (secondary N) is 2. The van der Waals surface area contributed by atoms with Crippen molar-refractivity contribution in [2.45, 2.75) is 13.1 Å². The number of amides is 2. The highest BCUT2D eigenvalue weighted by molar-refractivity contribution is 5.52. The van der Waals surface area contributed by atoms with Crippen LogP contribution in [0.4, 0.5) is 0 Å². The third-order valence-corrected chi connectivity index (χ3v) is 1.88. The van der Waals surface area contributed by atoms with Gasteiger partial charge in [0.15, 0.2) is 0 Å². The molecule has 0 radical (unpaired) electrons. The van der Waals surface area contributed by atoms with Gasteiger partial charge in [0, 0.05) is 0 Å². The summed E-state index contributed by atoms with van der Waals surface area (Å²) < 4.78 is 0. The third kappa shape index (κ3) is 2.58. The summed E-state index contributed by atoms with van der Waals surface area (Å²) in [6, 6.07) is 7.54. The Labute approximate surface area is 82.3 Å². The fourth-order valence-corrected chi connectivity index (χ4v) is 1.14. The summed E-state index contributed by atoms with van der Waals surface area (Å²) in [6.07, 6.45) is 0.660. The molecule has 0 unspecified atom stereocenters. The fraction of sp³-hybridized carbons (Fsp3) is 0.200. The van der Waals surface area contributed by atoms with Gasteiger partial charge in [-0.3, -0.25) is 9.59 Å². The van der Waals surface area contributed by atoms with E-state index in [-0.39, 0.29) is 0 Å². The fourth-order valence-electron chi connectivity index (χ4n) is 1.14. The second-order valence-corrected chi connectivity index (χ2v) is 2.91. The van der Waals surface area contributed by atoms with Crippen molar-refractivity contribution in [2.75, 3.05) is 0 Å². The zero-order valence-corrected chi connectivity index (χ0v) is 7.86. The van der Waals surface area contributed by atoms with Crippen molar-refractivity contribution in [2.24, 2.45) is 0 Å². The van der Waals surface area contributed by atoms with Crippen molar-refractivity contribution in [3.63, 3.8) is 0 Å². The lowest BCUT2D eigenvalue weighted by molar-refractivity contribution is -0.112. The van der Waals surface area contributed by atoms with E-state index in [4.69, 9.17) is 0 Å². The molecule has 0 spiro atoms. The molecule has 0 aliphatic rings. The predicted molar refractivity (Wildman–Crippen MR) is 52.3 cm³/mol. The molecular weight excluding hydrogens is 180 g/mol. The topological polar surface area (TPSA) is 58.2 Å². The molecule has 0 heterocycles. The van der Waals surface area contributed by atoms with Crippen LogP contribution in [0.3, 0.4) is 0 Å². The zero-order valence-electron chi connectivity index (χ0n) is 7.86. The number of rotatable bonds is 5. The van der Waals surface area contributed by atoms with Crippen LogP contribution in [0, 0.1) is 6.92 Å². The number of hydrogen-bond acceptors (Lipinski definition) is 2. The highest BCUT2D eigenvalue weighted by atomic mass is 16.1. The van der Waals surface area contributed by atoms with Gasteiger partial charge < -0.3 is 10.6 Å². The van der Waals surface area contributed by atoms with E-state index in [9.17, 15) is 9.59 Å². The molecule has 0 atom stereocenters. The van der Waals surface area contributed by atoms with Crippen LogP contribution in [0.1, 0.15) is 17.3 Å². The number of aryl methyl sites for hydroxylation is 1. The molecule has 1 aromatic carbocycles. The predicted octanol–water partition coefficient (Wildman–Crippen LogP) is 0.486. The van der Waals surface area contributed by atoms with E-state index in [1.54, 1.807) is 0 Å². The molecule has 2 amide bonds. The summed E-state index contributed by atoms with van der Waals surface area (Å²) in [5, 5.41) is 4.99. The monoisotopic (exact) mass is 192 g/mol. The van der Waals surface area contributed by atoms with Crippen LogP contribution >= 0.6 is 0 Å². The zero-order chi connectivity index (χ0) is 10.4. The Hall–Kier alpha value is -1.84. The van der Waals surface area contributed by atoms with Crippen LogP contribution in [0.25, 0.3) is 0 Å². The Morgan fingerprint density at radius 1 is 1.07 bits per heavy atom. The van der Waals surface area contributed by atoms with Gasteiger partial charge in [0.25, 0.3) is 0 Å². The second-order valence-electron chi connectivity index (χ2n) is 2.91. The second kappa shape index (κ2) is 5.01. The normalized spacial score (nSPS) is 9.57. The minimum absolute atomic E-state index is 0.453. The maximum Gasteiger partial charge on any atom is 0.208 e. The van der Waals surface area contributed by atoms with E-state index in [2.05, 4.69) is 10.6 Å². The summed E-state index contributed by atoms with van der Waals surface area (Å²) in [6.45, 7) is 1.97. The first kappa shape index (κ1) is 10.2. The van der Waals surface area contributed by atoms with Crippen LogP contribution in [0.2, 0.25) is 0 Å². The molecule has 0 aliphatic carbocycles. The number of carbonyl (C=O) groups excluding carboxylic acids is 2. The Balaban J connectivity index is 2.80. The van der Waals surface area contributed by atoms with Gasteiger partial charge in [0.05, 0.1) is 0 Å². The van der Waals surface area contributed by atoms with Gasteiger partial charge in [-0.1, -0.05) is 29.8 Å². The Morgan fingerprint density at radius 3 is 2.00 bits per heavy atom. The molecule has 4 nitrogen and oxygen atoms in total. The number of benzene rings is 1. The minimum Gasteiger partial charge on any atom is -0.335 e. The number of hydrogen-bond donors (Lipinski definition) is 2. The average Bonchev–Trinajstić information content (AvgIpc) is 2.19. The van der Waals surface area contributed by atoms with E-state index in [0.29, 0.717) is 12.8 Å². The standard InChI is InChI=1S/C10H12N2O2/c1-8-2-4-9(5-3-8)10(11-6-13)12-7-14/h2-7,10H,1H3,(H,11,13)(H,12,14). The van der Waals surface area contributed by atoms with Crippen molar-refractivity contribution in [3.05, 3.63) is 35.4 Å². The molecule has 0 aliphatic heterocycles. The molecule has 0 aromatic heterocycles. The summed E-state index contributed by atoms with van der Waals surface area (Å²) in [4.78, 5) is 20.5. The summed E-state index contributed by atoms with van der Waals surface area (Å²) in [7, 11) is 0. The van der Waals surface area contributed by atoms with Crippen LogP contribution < -0.4 is 10.6 Å². The largest absolute Gasteiger partial charge is 0.335 e. The molecule has 4 heteroatoms. The molecule has 2 N–H and O–H groups in total. The quantitative estimate of drug-likeness (QED) is 0.526. The van der Waals surface area contributed by atoms with Crippen molar-refractivity contribution in [1.82, 2.24) is 10.6 Å². The van der Waals surface area contributed by atoms with Crippen molar-refractivity contribution >= 4 is 12.8 Å². The van der Waals surface area contributed by atoms with Crippen LogP contribution in [-0.2, 0) is 9.59 Å². The van der Waals surface area contributed by atoms with E-state index in [1.807, 2.05) is 31.2 Å². The highest BCUT2D eigenvalue weighted by Gasteiger charge is 2.07. The van der Waals surface area contributed by atoms with E-state index in [1.165, 1.54) is 0 Å². The van der Waals surface area contributed by atoms with E-state index < -0.39 is 6.17 Å². The molecule has 1 aromatic rings. The van der Waals surface area contributed by atoms with Gasteiger partial charge in [-0.15, -0.1) is 0 Å². The Morgan fingerprint density at radius 2 is 1.57 bits per heavy atom. The molecule has 0 fully saturated rings. The van der Waals surface area contributed by atoms with Gasteiger partial charge in [-0.2, -0.15) is 0 Å². The molecular formula is C10H12N2O2. The third-order valence-electron chi connectivity index (χ3n) is 1.88. The SMILES string of the molecule is Cc1ccc(C(NC=O)NC=O)cc1. The minimum atomic E-state index is -0.453. The summed E-state index contributed by atoms with van der Waals surface area (Å²) in [5.74, 6) is 0. The molecule has 0 saturated heterocycles. The van der Waals surface area contributed by atoms with E-state index in [0.717, 1.165) is 11.1 Å². The van der Waals surface area contributed by atoms with Crippen molar-refractivity contribution < 1.29 is 9.59 Å². The number of carbonyl (C=O) groups is 2. The van der Waals surface area contributed by atoms with Crippen LogP contribution in [0.5, 0.6) is 0 Å².